The Labute approximate surface area is 109 Å². The molecule has 3 heteroatoms. The van der Waals surface area contributed by atoms with E-state index in [-0.39, 0.29) is 0 Å². The van der Waals surface area contributed by atoms with Crippen LogP contribution in [0.5, 0.6) is 0 Å². The average Bonchev–Trinajstić information content (AvgIpc) is 2.75. The lowest BCUT2D eigenvalue weighted by molar-refractivity contribution is 0.526. The quantitative estimate of drug-likeness (QED) is 0.876. The summed E-state index contributed by atoms with van der Waals surface area (Å²) in [4.78, 5) is 4.81. The first kappa shape index (κ1) is 13.1. The van der Waals surface area contributed by atoms with Crippen molar-refractivity contribution < 1.29 is 0 Å². The molecule has 0 spiro atoms. The van der Waals surface area contributed by atoms with Crippen LogP contribution in [0.15, 0.2) is 24.3 Å². The first-order valence-corrected chi connectivity index (χ1v) is 6.82. The van der Waals surface area contributed by atoms with Crippen LogP contribution >= 0.6 is 0 Å². The lowest BCUT2D eigenvalue weighted by Crippen LogP contribution is -2.10. The minimum Gasteiger partial charge on any atom is -0.330 e. The first-order valence-electron chi connectivity index (χ1n) is 6.82. The van der Waals surface area contributed by atoms with Gasteiger partial charge in [0, 0.05) is 12.0 Å². The van der Waals surface area contributed by atoms with Crippen molar-refractivity contribution in [3.05, 3.63) is 30.1 Å². The molecule has 0 saturated heterocycles. The van der Waals surface area contributed by atoms with Gasteiger partial charge in [-0.15, -0.1) is 0 Å². The van der Waals surface area contributed by atoms with E-state index in [1.54, 1.807) is 0 Å². The van der Waals surface area contributed by atoms with Crippen LogP contribution < -0.4 is 5.73 Å². The van der Waals surface area contributed by atoms with Crippen LogP contribution in [0.3, 0.4) is 0 Å². The Kier molecular flexibility index (Phi) is 4.02. The van der Waals surface area contributed by atoms with Crippen molar-refractivity contribution >= 4 is 11.0 Å². The topological polar surface area (TPSA) is 43.8 Å². The predicted molar refractivity (Wildman–Crippen MR) is 76.8 cm³/mol. The van der Waals surface area contributed by atoms with Gasteiger partial charge in [0.25, 0.3) is 0 Å². The van der Waals surface area contributed by atoms with Gasteiger partial charge in [-0.1, -0.05) is 19.1 Å². The molecule has 0 aliphatic heterocycles. The molecule has 98 valence electrons. The molecule has 0 aliphatic rings. The van der Waals surface area contributed by atoms with E-state index in [9.17, 15) is 0 Å². The summed E-state index contributed by atoms with van der Waals surface area (Å²) in [5.74, 6) is 1.66. The van der Waals surface area contributed by atoms with E-state index >= 15 is 0 Å². The van der Waals surface area contributed by atoms with Crippen molar-refractivity contribution in [1.29, 1.82) is 0 Å². The second-order valence-corrected chi connectivity index (χ2v) is 5.25. The summed E-state index contributed by atoms with van der Waals surface area (Å²) in [6.45, 7) is 7.43. The molecule has 18 heavy (non-hydrogen) atoms. The summed E-state index contributed by atoms with van der Waals surface area (Å²) >= 11 is 0. The standard InChI is InChI=1S/C15H23N3/c1-11(2)18-14-9-5-4-8-13(14)17-15(18)12(3)7-6-10-16/h4-5,8-9,11-12H,6-7,10,16H2,1-3H3. The maximum absolute atomic E-state index is 5.60. The van der Waals surface area contributed by atoms with Crippen LogP contribution in [0, 0.1) is 0 Å². The minimum absolute atomic E-state index is 0.438. The van der Waals surface area contributed by atoms with Gasteiger partial charge in [-0.2, -0.15) is 0 Å². The van der Waals surface area contributed by atoms with Gasteiger partial charge < -0.3 is 10.3 Å². The first-order chi connectivity index (χ1) is 8.65. The third-order valence-electron chi connectivity index (χ3n) is 3.42. The van der Waals surface area contributed by atoms with Crippen molar-refractivity contribution in [3.63, 3.8) is 0 Å². The van der Waals surface area contributed by atoms with Crippen molar-refractivity contribution in [2.75, 3.05) is 6.54 Å². The highest BCUT2D eigenvalue weighted by Gasteiger charge is 2.17. The van der Waals surface area contributed by atoms with E-state index in [0.29, 0.717) is 12.0 Å². The smallest absolute Gasteiger partial charge is 0.112 e. The van der Waals surface area contributed by atoms with Gasteiger partial charge >= 0.3 is 0 Å². The monoisotopic (exact) mass is 245 g/mol. The summed E-state index contributed by atoms with van der Waals surface area (Å²) in [5.41, 5.74) is 7.94. The number of hydrogen-bond donors (Lipinski definition) is 1. The molecule has 1 unspecified atom stereocenters. The van der Waals surface area contributed by atoms with Gasteiger partial charge in [-0.05, 0) is 45.4 Å². The molecular weight excluding hydrogens is 222 g/mol. The molecule has 1 heterocycles. The number of para-hydroxylation sites is 2. The van der Waals surface area contributed by atoms with Gasteiger partial charge in [-0.3, -0.25) is 0 Å². The van der Waals surface area contributed by atoms with Gasteiger partial charge in [0.05, 0.1) is 11.0 Å². The number of benzene rings is 1. The van der Waals surface area contributed by atoms with Gasteiger partial charge in [0.2, 0.25) is 0 Å². The summed E-state index contributed by atoms with van der Waals surface area (Å²) < 4.78 is 2.36. The normalized spacial score (nSPS) is 13.4. The number of aromatic nitrogens is 2. The Hall–Kier alpha value is -1.35. The molecule has 0 fully saturated rings. The maximum atomic E-state index is 5.60. The second-order valence-electron chi connectivity index (χ2n) is 5.25. The fourth-order valence-electron chi connectivity index (χ4n) is 2.51. The summed E-state index contributed by atoms with van der Waals surface area (Å²) in [6.07, 6.45) is 2.16. The molecule has 1 aromatic heterocycles. The van der Waals surface area contributed by atoms with E-state index in [4.69, 9.17) is 10.7 Å². The van der Waals surface area contributed by atoms with Crippen LogP contribution in [-0.2, 0) is 0 Å². The number of imidazole rings is 1. The molecule has 0 radical (unpaired) electrons. The second kappa shape index (κ2) is 5.53. The number of rotatable bonds is 5. The largest absolute Gasteiger partial charge is 0.330 e. The van der Waals surface area contributed by atoms with Crippen LogP contribution in [-0.4, -0.2) is 16.1 Å². The molecule has 1 aromatic carbocycles. The van der Waals surface area contributed by atoms with E-state index in [1.165, 1.54) is 11.3 Å². The number of fused-ring (bicyclic) bond motifs is 1. The van der Waals surface area contributed by atoms with Gasteiger partial charge in [-0.25, -0.2) is 4.98 Å². The number of hydrogen-bond acceptors (Lipinski definition) is 2. The third kappa shape index (κ3) is 2.41. The minimum atomic E-state index is 0.438. The fourth-order valence-corrected chi connectivity index (χ4v) is 2.51. The zero-order valence-electron chi connectivity index (χ0n) is 11.6. The summed E-state index contributed by atoms with van der Waals surface area (Å²) in [6, 6.07) is 8.81. The maximum Gasteiger partial charge on any atom is 0.112 e. The van der Waals surface area contributed by atoms with Gasteiger partial charge in [0.15, 0.2) is 0 Å². The van der Waals surface area contributed by atoms with E-state index < -0.39 is 0 Å². The SMILES string of the molecule is CC(CCCN)c1nc2ccccc2n1C(C)C. The lowest BCUT2D eigenvalue weighted by Gasteiger charge is -2.17. The summed E-state index contributed by atoms with van der Waals surface area (Å²) in [5, 5.41) is 0. The van der Waals surface area contributed by atoms with Crippen LogP contribution in [0.4, 0.5) is 0 Å². The Morgan fingerprint density at radius 1 is 1.22 bits per heavy atom. The van der Waals surface area contributed by atoms with E-state index in [0.717, 1.165) is 24.9 Å². The van der Waals surface area contributed by atoms with Gasteiger partial charge in [0.1, 0.15) is 5.82 Å². The molecule has 0 saturated carbocycles. The molecule has 0 amide bonds. The fraction of sp³-hybridized carbons (Fsp3) is 0.533. The van der Waals surface area contributed by atoms with E-state index in [1.807, 2.05) is 6.07 Å². The molecule has 2 N–H and O–H groups in total. The molecule has 3 nitrogen and oxygen atoms in total. The number of nitrogens with zero attached hydrogens (tertiary/aromatic N) is 2. The molecule has 1 atom stereocenters. The Bertz CT molecular complexity index is 513. The van der Waals surface area contributed by atoms with Crippen molar-refractivity contribution in [2.45, 2.75) is 45.6 Å². The molecule has 2 aromatic rings. The Morgan fingerprint density at radius 2 is 1.94 bits per heavy atom. The highest BCUT2D eigenvalue weighted by atomic mass is 15.1. The number of nitrogens with two attached hydrogens (primary N) is 1. The van der Waals surface area contributed by atoms with Crippen LogP contribution in [0.1, 0.15) is 51.4 Å². The third-order valence-corrected chi connectivity index (χ3v) is 3.42. The van der Waals surface area contributed by atoms with Crippen LogP contribution in [0.2, 0.25) is 0 Å². The summed E-state index contributed by atoms with van der Waals surface area (Å²) in [7, 11) is 0. The molecular formula is C15H23N3. The highest BCUT2D eigenvalue weighted by Crippen LogP contribution is 2.27. The van der Waals surface area contributed by atoms with E-state index in [2.05, 4.69) is 43.5 Å². The Morgan fingerprint density at radius 3 is 2.61 bits per heavy atom. The molecule has 0 bridgehead atoms. The Balaban J connectivity index is 2.45. The average molecular weight is 245 g/mol. The highest BCUT2D eigenvalue weighted by molar-refractivity contribution is 5.76. The van der Waals surface area contributed by atoms with Crippen molar-refractivity contribution in [3.8, 4) is 0 Å². The molecule has 2 rings (SSSR count). The predicted octanol–water partition coefficient (Wildman–Crippen LogP) is 3.46. The zero-order chi connectivity index (χ0) is 13.1. The zero-order valence-corrected chi connectivity index (χ0v) is 11.6. The van der Waals surface area contributed by atoms with Crippen molar-refractivity contribution in [2.24, 2.45) is 5.73 Å². The van der Waals surface area contributed by atoms with Crippen LogP contribution in [0.25, 0.3) is 11.0 Å². The lowest BCUT2D eigenvalue weighted by atomic mass is 10.0. The van der Waals surface area contributed by atoms with Crippen molar-refractivity contribution in [1.82, 2.24) is 9.55 Å². The molecule has 0 aliphatic carbocycles.